The zero-order valence-corrected chi connectivity index (χ0v) is 14.8. The summed E-state index contributed by atoms with van der Waals surface area (Å²) in [6, 6.07) is 11.1. The predicted octanol–water partition coefficient (Wildman–Crippen LogP) is 2.45. The van der Waals surface area contributed by atoms with Crippen molar-refractivity contribution in [2.45, 2.75) is 13.0 Å². The van der Waals surface area contributed by atoms with Crippen LogP contribution in [0.3, 0.4) is 0 Å². The largest absolute Gasteiger partial charge is 0.486 e. The van der Waals surface area contributed by atoms with Gasteiger partial charge in [-0.2, -0.15) is 0 Å². The number of hydrogen-bond acceptors (Lipinski definition) is 5. The van der Waals surface area contributed by atoms with Gasteiger partial charge in [0.05, 0.1) is 6.54 Å². The summed E-state index contributed by atoms with van der Waals surface area (Å²) in [7, 11) is 3.80. The van der Waals surface area contributed by atoms with Crippen LogP contribution in [0.1, 0.15) is 17.3 Å². The Balaban J connectivity index is 1.70. The number of nitrogens with zero attached hydrogens (tertiary/aromatic N) is 3. The molecule has 3 rings (SSSR count). The van der Waals surface area contributed by atoms with Crippen molar-refractivity contribution in [3.05, 3.63) is 48.2 Å². The minimum Gasteiger partial charge on any atom is -0.486 e. The first-order valence-corrected chi connectivity index (χ1v) is 8.39. The Morgan fingerprint density at radius 1 is 1.24 bits per heavy atom. The molecular weight excluding hydrogens is 318 g/mol. The molecule has 1 aromatic carbocycles. The number of carbonyl (C=O) groups excluding carboxylic acids is 1. The summed E-state index contributed by atoms with van der Waals surface area (Å²) in [5.41, 5.74) is 0.623. The molecule has 0 aliphatic carbocycles. The first kappa shape index (κ1) is 17.1. The fraction of sp³-hybridized carbons (Fsp3) is 0.368. The van der Waals surface area contributed by atoms with Crippen molar-refractivity contribution in [2.75, 3.05) is 38.7 Å². The van der Waals surface area contributed by atoms with E-state index < -0.39 is 0 Å². The number of aromatic nitrogens is 1. The van der Waals surface area contributed by atoms with Crippen LogP contribution in [0.2, 0.25) is 0 Å². The van der Waals surface area contributed by atoms with Crippen LogP contribution in [0.4, 0.5) is 5.82 Å². The third-order valence-electron chi connectivity index (χ3n) is 4.11. The van der Waals surface area contributed by atoms with Gasteiger partial charge in [0.2, 0.25) is 0 Å². The van der Waals surface area contributed by atoms with E-state index in [2.05, 4.69) is 4.98 Å². The zero-order valence-electron chi connectivity index (χ0n) is 14.8. The Kier molecular flexibility index (Phi) is 5.07. The second-order valence-electron chi connectivity index (χ2n) is 6.14. The lowest BCUT2D eigenvalue weighted by atomic mass is 10.2. The first-order chi connectivity index (χ1) is 12.1. The highest BCUT2D eigenvalue weighted by Gasteiger charge is 2.25. The van der Waals surface area contributed by atoms with E-state index in [1.807, 2.05) is 50.2 Å². The molecule has 6 nitrogen and oxygen atoms in total. The number of rotatable bonds is 5. The van der Waals surface area contributed by atoms with Crippen molar-refractivity contribution in [3.8, 4) is 11.5 Å². The topological polar surface area (TPSA) is 54.9 Å². The number of para-hydroxylation sites is 2. The maximum atomic E-state index is 12.9. The van der Waals surface area contributed by atoms with Crippen molar-refractivity contribution in [2.24, 2.45) is 0 Å². The molecule has 6 heteroatoms. The highest BCUT2D eigenvalue weighted by atomic mass is 16.6. The molecule has 1 aliphatic heterocycles. The Bertz CT molecular complexity index is 748. The van der Waals surface area contributed by atoms with Crippen molar-refractivity contribution in [1.29, 1.82) is 0 Å². The third-order valence-corrected chi connectivity index (χ3v) is 4.11. The summed E-state index contributed by atoms with van der Waals surface area (Å²) in [6.45, 7) is 3.47. The summed E-state index contributed by atoms with van der Waals surface area (Å²) in [5.74, 6) is 2.20. The fourth-order valence-corrected chi connectivity index (χ4v) is 2.73. The lowest BCUT2D eigenvalue weighted by molar-refractivity contribution is 0.0475. The van der Waals surface area contributed by atoms with Gasteiger partial charge in [-0.15, -0.1) is 0 Å². The van der Waals surface area contributed by atoms with Crippen LogP contribution in [-0.4, -0.2) is 55.7 Å². The molecule has 0 saturated carbocycles. The van der Waals surface area contributed by atoms with Crippen molar-refractivity contribution < 1.29 is 14.3 Å². The minimum absolute atomic E-state index is 0.0320. The number of anilines is 1. The highest BCUT2D eigenvalue weighted by Crippen LogP contribution is 2.31. The third kappa shape index (κ3) is 3.84. The highest BCUT2D eigenvalue weighted by molar-refractivity contribution is 5.94. The number of benzene rings is 1. The van der Waals surface area contributed by atoms with Gasteiger partial charge >= 0.3 is 0 Å². The van der Waals surface area contributed by atoms with Gasteiger partial charge in [-0.05, 0) is 31.2 Å². The molecule has 1 unspecified atom stereocenters. The van der Waals surface area contributed by atoms with Crippen LogP contribution >= 0.6 is 0 Å². The van der Waals surface area contributed by atoms with Crippen LogP contribution < -0.4 is 14.4 Å². The lowest BCUT2D eigenvalue weighted by Crippen LogP contribution is -2.43. The molecule has 2 aromatic rings. The Hall–Kier alpha value is -2.76. The van der Waals surface area contributed by atoms with Gasteiger partial charge < -0.3 is 19.3 Å². The molecule has 1 amide bonds. The average molecular weight is 341 g/mol. The molecule has 1 atom stereocenters. The van der Waals surface area contributed by atoms with Gasteiger partial charge in [0.15, 0.2) is 17.6 Å². The molecule has 1 aliphatic rings. The molecule has 132 valence electrons. The second-order valence-corrected chi connectivity index (χ2v) is 6.14. The van der Waals surface area contributed by atoms with Gasteiger partial charge in [0.25, 0.3) is 5.91 Å². The minimum atomic E-state index is -0.186. The molecule has 0 bridgehead atoms. The van der Waals surface area contributed by atoms with Crippen LogP contribution in [-0.2, 0) is 0 Å². The first-order valence-electron chi connectivity index (χ1n) is 8.39. The number of ether oxygens (including phenoxy) is 2. The monoisotopic (exact) mass is 341 g/mol. The number of pyridine rings is 1. The molecular formula is C19H23N3O3. The maximum Gasteiger partial charge on any atom is 0.254 e. The summed E-state index contributed by atoms with van der Waals surface area (Å²) in [4.78, 5) is 20.8. The van der Waals surface area contributed by atoms with Gasteiger partial charge in [0, 0.05) is 32.4 Å². The van der Waals surface area contributed by atoms with Crippen LogP contribution in [0.25, 0.3) is 0 Å². The van der Waals surface area contributed by atoms with E-state index in [0.717, 1.165) is 17.3 Å². The summed E-state index contributed by atoms with van der Waals surface area (Å²) >= 11 is 0. The Morgan fingerprint density at radius 2 is 2.00 bits per heavy atom. The van der Waals surface area contributed by atoms with Crippen molar-refractivity contribution in [3.63, 3.8) is 0 Å². The normalized spacial score (nSPS) is 15.6. The second kappa shape index (κ2) is 7.42. The smallest absolute Gasteiger partial charge is 0.254 e. The molecule has 0 N–H and O–H groups in total. The van der Waals surface area contributed by atoms with Crippen molar-refractivity contribution in [1.82, 2.24) is 9.88 Å². The number of carbonyl (C=O) groups is 1. The zero-order chi connectivity index (χ0) is 17.8. The fourth-order valence-electron chi connectivity index (χ4n) is 2.73. The standard InChI is InChI=1S/C19H23N3O3/c1-4-22(19(23)14-9-10-20-18(11-14)21(2)3)12-15-13-24-16-7-5-6-8-17(16)25-15/h5-11,15H,4,12-13H2,1-3H3. The van der Waals surface area contributed by atoms with Gasteiger partial charge in [0.1, 0.15) is 12.4 Å². The van der Waals surface area contributed by atoms with Crippen LogP contribution in [0.15, 0.2) is 42.6 Å². The van der Waals surface area contributed by atoms with E-state index in [1.165, 1.54) is 0 Å². The van der Waals surface area contributed by atoms with Gasteiger partial charge in [-0.25, -0.2) is 4.98 Å². The quantitative estimate of drug-likeness (QED) is 0.836. The SMILES string of the molecule is CCN(CC1COc2ccccc2O1)C(=O)c1ccnc(N(C)C)c1. The lowest BCUT2D eigenvalue weighted by Gasteiger charge is -2.31. The molecule has 0 saturated heterocycles. The van der Waals surface area contributed by atoms with Crippen LogP contribution in [0.5, 0.6) is 11.5 Å². The summed E-state index contributed by atoms with van der Waals surface area (Å²) in [6.07, 6.45) is 1.47. The van der Waals surface area contributed by atoms with E-state index in [-0.39, 0.29) is 12.0 Å². The van der Waals surface area contributed by atoms with E-state index in [0.29, 0.717) is 25.3 Å². The average Bonchev–Trinajstić information content (AvgIpc) is 2.65. The molecule has 0 spiro atoms. The Morgan fingerprint density at radius 3 is 2.72 bits per heavy atom. The molecule has 0 radical (unpaired) electrons. The van der Waals surface area contributed by atoms with E-state index >= 15 is 0 Å². The molecule has 1 aromatic heterocycles. The summed E-state index contributed by atoms with van der Waals surface area (Å²) in [5, 5.41) is 0. The number of fused-ring (bicyclic) bond motifs is 1. The van der Waals surface area contributed by atoms with Gasteiger partial charge in [-0.1, -0.05) is 12.1 Å². The maximum absolute atomic E-state index is 12.9. The number of hydrogen-bond donors (Lipinski definition) is 0. The van der Waals surface area contributed by atoms with Gasteiger partial charge in [-0.3, -0.25) is 4.79 Å². The number of likely N-dealkylation sites (N-methyl/N-ethyl adjacent to an activating group) is 1. The van der Waals surface area contributed by atoms with E-state index in [9.17, 15) is 4.79 Å². The van der Waals surface area contributed by atoms with E-state index in [1.54, 1.807) is 23.2 Å². The molecule has 2 heterocycles. The predicted molar refractivity (Wildman–Crippen MR) is 96.5 cm³/mol. The van der Waals surface area contributed by atoms with Crippen molar-refractivity contribution >= 4 is 11.7 Å². The summed E-state index contributed by atoms with van der Waals surface area (Å²) < 4.78 is 11.7. The molecule has 0 fully saturated rings. The number of amides is 1. The Labute approximate surface area is 148 Å². The van der Waals surface area contributed by atoms with E-state index in [4.69, 9.17) is 9.47 Å². The molecule has 25 heavy (non-hydrogen) atoms. The van der Waals surface area contributed by atoms with Crippen LogP contribution in [0, 0.1) is 0 Å².